The van der Waals surface area contributed by atoms with Crippen LogP contribution in [0.15, 0.2) is 23.1 Å². The van der Waals surface area contributed by atoms with Gasteiger partial charge in [-0.25, -0.2) is 0 Å². The van der Waals surface area contributed by atoms with Gasteiger partial charge in [-0.3, -0.25) is 4.79 Å². The van der Waals surface area contributed by atoms with Crippen molar-refractivity contribution >= 4 is 23.9 Å². The Labute approximate surface area is 87.3 Å². The smallest absolute Gasteiger partial charge is 0.446 e. The molecule has 2 N–H and O–H groups in total. The molecule has 0 radical (unpaired) electrons. The van der Waals surface area contributed by atoms with E-state index >= 15 is 0 Å². The zero-order valence-corrected chi connectivity index (χ0v) is 8.02. The molecule has 7 heteroatoms. The number of carbonyl (C=O) groups is 1. The maximum atomic E-state index is 12.0. The van der Waals surface area contributed by atoms with E-state index in [4.69, 9.17) is 5.11 Å². The van der Waals surface area contributed by atoms with Crippen molar-refractivity contribution in [2.45, 2.75) is 10.4 Å². The molecule has 0 spiro atoms. The number of anilines is 1. The van der Waals surface area contributed by atoms with Gasteiger partial charge in [0, 0.05) is 4.90 Å². The van der Waals surface area contributed by atoms with Gasteiger partial charge in [0.05, 0.1) is 5.69 Å². The Morgan fingerprint density at radius 1 is 1.40 bits per heavy atom. The highest BCUT2D eigenvalue weighted by Gasteiger charge is 2.29. The average Bonchev–Trinajstić information content (AvgIpc) is 2.09. The second-order valence-electron chi connectivity index (χ2n) is 2.49. The van der Waals surface area contributed by atoms with Crippen molar-refractivity contribution in [3.05, 3.63) is 18.2 Å². The third-order valence-electron chi connectivity index (χ3n) is 1.42. The van der Waals surface area contributed by atoms with Gasteiger partial charge in [-0.15, -0.1) is 0 Å². The second kappa shape index (κ2) is 4.43. The van der Waals surface area contributed by atoms with Crippen LogP contribution in [0.2, 0.25) is 0 Å². The van der Waals surface area contributed by atoms with E-state index in [1.807, 2.05) is 0 Å². The van der Waals surface area contributed by atoms with Gasteiger partial charge in [0.25, 0.3) is 0 Å². The number of rotatable bonds is 3. The second-order valence-corrected chi connectivity index (χ2v) is 3.63. The van der Waals surface area contributed by atoms with E-state index < -0.39 is 5.51 Å². The Kier molecular flexibility index (Phi) is 3.46. The van der Waals surface area contributed by atoms with Crippen LogP contribution in [-0.4, -0.2) is 17.0 Å². The largest absolute Gasteiger partial charge is 0.506 e. The topological polar surface area (TPSA) is 49.3 Å². The van der Waals surface area contributed by atoms with E-state index in [9.17, 15) is 18.0 Å². The molecule has 0 fully saturated rings. The van der Waals surface area contributed by atoms with Crippen molar-refractivity contribution in [1.82, 2.24) is 0 Å². The van der Waals surface area contributed by atoms with Crippen molar-refractivity contribution in [2.24, 2.45) is 0 Å². The highest BCUT2D eigenvalue weighted by molar-refractivity contribution is 8.00. The molecule has 15 heavy (non-hydrogen) atoms. The van der Waals surface area contributed by atoms with E-state index in [0.29, 0.717) is 0 Å². The van der Waals surface area contributed by atoms with Crippen molar-refractivity contribution in [3.8, 4) is 5.75 Å². The van der Waals surface area contributed by atoms with E-state index in [1.54, 1.807) is 0 Å². The molecule has 0 saturated heterocycles. The van der Waals surface area contributed by atoms with Crippen LogP contribution in [0.25, 0.3) is 0 Å². The maximum Gasteiger partial charge on any atom is 0.446 e. The standard InChI is InChI=1S/C8H6F3NO2S/c9-8(10,11)15-5-1-2-7(14)6(3-5)12-4-13/h1-4,14H,(H,12,13). The monoisotopic (exact) mass is 237 g/mol. The molecule has 1 aromatic carbocycles. The van der Waals surface area contributed by atoms with Gasteiger partial charge >= 0.3 is 5.51 Å². The summed E-state index contributed by atoms with van der Waals surface area (Å²) in [4.78, 5) is 9.96. The number of phenolic OH excluding ortho intramolecular Hbond substituents is 1. The highest BCUT2D eigenvalue weighted by Crippen LogP contribution is 2.39. The molecule has 0 unspecified atom stereocenters. The summed E-state index contributed by atoms with van der Waals surface area (Å²) in [6.45, 7) is 0. The summed E-state index contributed by atoms with van der Waals surface area (Å²) in [6, 6.07) is 3.24. The Hall–Kier alpha value is -1.37. The maximum absolute atomic E-state index is 12.0. The molecule has 0 bridgehead atoms. The molecule has 0 aliphatic heterocycles. The minimum atomic E-state index is -4.39. The van der Waals surface area contributed by atoms with Crippen LogP contribution in [0, 0.1) is 0 Å². The summed E-state index contributed by atoms with van der Waals surface area (Å²) in [5.74, 6) is -0.284. The van der Waals surface area contributed by atoms with Crippen LogP contribution in [0.3, 0.4) is 0 Å². The van der Waals surface area contributed by atoms with Crippen LogP contribution >= 0.6 is 11.8 Å². The number of phenols is 1. The normalized spacial score (nSPS) is 11.1. The van der Waals surface area contributed by atoms with Gasteiger partial charge in [-0.05, 0) is 30.0 Å². The minimum Gasteiger partial charge on any atom is -0.506 e. The molecular formula is C8H6F3NO2S. The molecule has 1 amide bonds. The van der Waals surface area contributed by atoms with Gasteiger partial charge < -0.3 is 10.4 Å². The SMILES string of the molecule is O=CNc1cc(SC(F)(F)F)ccc1O. The first kappa shape index (κ1) is 11.7. The molecule has 82 valence electrons. The molecule has 3 nitrogen and oxygen atoms in total. The Morgan fingerprint density at radius 3 is 2.60 bits per heavy atom. The summed E-state index contributed by atoms with van der Waals surface area (Å²) >= 11 is -0.318. The van der Waals surface area contributed by atoms with Gasteiger partial charge in [-0.2, -0.15) is 13.2 Å². The number of hydrogen-bond acceptors (Lipinski definition) is 3. The van der Waals surface area contributed by atoms with Gasteiger partial charge in [0.2, 0.25) is 6.41 Å². The fourth-order valence-electron chi connectivity index (χ4n) is 0.891. The van der Waals surface area contributed by atoms with Crippen LogP contribution in [0.1, 0.15) is 0 Å². The van der Waals surface area contributed by atoms with E-state index in [2.05, 4.69) is 5.32 Å². The predicted octanol–water partition coefficient (Wildman–Crippen LogP) is 2.57. The first-order chi connectivity index (χ1) is 6.92. The van der Waals surface area contributed by atoms with Gasteiger partial charge in [0.15, 0.2) is 0 Å². The average molecular weight is 237 g/mol. The zero-order valence-electron chi connectivity index (χ0n) is 7.21. The summed E-state index contributed by atoms with van der Waals surface area (Å²) < 4.78 is 35.9. The van der Waals surface area contributed by atoms with Gasteiger partial charge in [0.1, 0.15) is 5.75 Å². The van der Waals surface area contributed by atoms with Crippen molar-refractivity contribution in [1.29, 1.82) is 0 Å². The predicted molar refractivity (Wildman–Crippen MR) is 49.7 cm³/mol. The number of amides is 1. The third kappa shape index (κ3) is 3.70. The van der Waals surface area contributed by atoms with E-state index in [-0.39, 0.29) is 34.5 Å². The van der Waals surface area contributed by atoms with Crippen LogP contribution in [0.5, 0.6) is 5.75 Å². The quantitative estimate of drug-likeness (QED) is 0.482. The molecule has 0 saturated carbocycles. The molecule has 0 aliphatic rings. The summed E-state index contributed by atoms with van der Waals surface area (Å²) in [5, 5.41) is 11.2. The van der Waals surface area contributed by atoms with Crippen molar-refractivity contribution < 1.29 is 23.1 Å². The highest BCUT2D eigenvalue weighted by atomic mass is 32.2. The number of thioether (sulfide) groups is 1. The number of carbonyl (C=O) groups excluding carboxylic acids is 1. The number of alkyl halides is 3. The van der Waals surface area contributed by atoms with Crippen LogP contribution in [-0.2, 0) is 4.79 Å². The van der Waals surface area contributed by atoms with Crippen molar-refractivity contribution in [3.63, 3.8) is 0 Å². The third-order valence-corrected chi connectivity index (χ3v) is 2.14. The Bertz CT molecular complexity index is 367. The van der Waals surface area contributed by atoms with Crippen LogP contribution < -0.4 is 5.32 Å². The summed E-state index contributed by atoms with van der Waals surface area (Å²) in [6.07, 6.45) is 0.275. The van der Waals surface area contributed by atoms with E-state index in [0.717, 1.165) is 18.2 Å². The number of nitrogens with one attached hydrogen (secondary N) is 1. The molecular weight excluding hydrogens is 231 g/mol. The lowest BCUT2D eigenvalue weighted by Crippen LogP contribution is -2.00. The first-order valence-electron chi connectivity index (χ1n) is 3.71. The fourth-order valence-corrected chi connectivity index (χ4v) is 1.47. The summed E-state index contributed by atoms with van der Waals surface area (Å²) in [7, 11) is 0. The molecule has 1 rings (SSSR count). The molecule has 0 heterocycles. The van der Waals surface area contributed by atoms with Crippen LogP contribution in [0.4, 0.5) is 18.9 Å². The lowest BCUT2D eigenvalue weighted by Gasteiger charge is -2.08. The van der Waals surface area contributed by atoms with Crippen molar-refractivity contribution in [2.75, 3.05) is 5.32 Å². The Balaban J connectivity index is 2.92. The zero-order chi connectivity index (χ0) is 11.5. The fraction of sp³-hybridized carbons (Fsp3) is 0.125. The first-order valence-corrected chi connectivity index (χ1v) is 4.53. The molecule has 1 aromatic rings. The Morgan fingerprint density at radius 2 is 2.07 bits per heavy atom. The minimum absolute atomic E-state index is 0.0562. The van der Waals surface area contributed by atoms with Gasteiger partial charge in [-0.1, -0.05) is 0 Å². The lowest BCUT2D eigenvalue weighted by molar-refractivity contribution is -0.105. The van der Waals surface area contributed by atoms with E-state index in [1.165, 1.54) is 0 Å². The number of hydrogen-bond donors (Lipinski definition) is 2. The molecule has 0 aromatic heterocycles. The number of aromatic hydroxyl groups is 1. The number of benzene rings is 1. The molecule has 0 aliphatic carbocycles. The summed E-state index contributed by atoms with van der Waals surface area (Å²) in [5.41, 5.74) is -4.45. The lowest BCUT2D eigenvalue weighted by atomic mass is 10.3. The number of halogens is 3. The molecule has 0 atom stereocenters.